The van der Waals surface area contributed by atoms with Gasteiger partial charge >= 0.3 is 0 Å². The zero-order chi connectivity index (χ0) is 20.2. The van der Waals surface area contributed by atoms with Crippen LogP contribution in [0.1, 0.15) is 34.2 Å². The van der Waals surface area contributed by atoms with Gasteiger partial charge in [-0.3, -0.25) is 9.69 Å². The highest BCUT2D eigenvalue weighted by molar-refractivity contribution is 5.97. The molecule has 6 nitrogen and oxygen atoms in total. The molecule has 2 heterocycles. The molecular formula is C21H22F2N4O2. The second kappa shape index (κ2) is 8.67. The fraction of sp³-hybridized carbons (Fsp3) is 0.333. The quantitative estimate of drug-likeness (QED) is 0.666. The first-order valence-electron chi connectivity index (χ1n) is 9.54. The number of amides is 1. The summed E-state index contributed by atoms with van der Waals surface area (Å²) in [6.07, 6.45) is -2.68. The average Bonchev–Trinajstić information content (AvgIpc) is 3.19. The largest absolute Gasteiger partial charge is 0.379 e. The lowest BCUT2D eigenvalue weighted by Crippen LogP contribution is -2.43. The Kier molecular flexibility index (Phi) is 5.82. The van der Waals surface area contributed by atoms with Crippen LogP contribution in [0.15, 0.2) is 48.5 Å². The third kappa shape index (κ3) is 4.44. The summed E-state index contributed by atoms with van der Waals surface area (Å²) in [7, 11) is 0. The standard InChI is InChI=1S/C21H22F2N4O2/c22-19(23)20-25-16-7-6-15(12-17(16)26-20)21(28)24-13-18(14-4-2-1-3-5-14)27-8-10-29-11-9-27/h1-7,12,18-19H,8-11,13H2,(H,24,28)(H,25,26). The second-order valence-corrected chi connectivity index (χ2v) is 6.94. The monoisotopic (exact) mass is 400 g/mol. The molecular weight excluding hydrogens is 378 g/mol. The fourth-order valence-electron chi connectivity index (χ4n) is 3.59. The summed E-state index contributed by atoms with van der Waals surface area (Å²) in [5.74, 6) is -0.650. The van der Waals surface area contributed by atoms with Crippen LogP contribution in [0.25, 0.3) is 11.0 Å². The summed E-state index contributed by atoms with van der Waals surface area (Å²) in [6.45, 7) is 3.37. The number of alkyl halides is 2. The van der Waals surface area contributed by atoms with Gasteiger partial charge in [0, 0.05) is 25.2 Å². The SMILES string of the molecule is O=C(NCC(c1ccccc1)N1CCOCC1)c1ccc2nc(C(F)F)[nH]c2c1. The maximum absolute atomic E-state index is 12.8. The van der Waals surface area contributed by atoms with E-state index in [0.29, 0.717) is 36.4 Å². The number of benzene rings is 2. The van der Waals surface area contributed by atoms with E-state index in [9.17, 15) is 13.6 Å². The molecule has 4 rings (SSSR count). The Hall–Kier alpha value is -2.84. The number of halogens is 2. The molecule has 1 fully saturated rings. The summed E-state index contributed by atoms with van der Waals surface area (Å²) in [5, 5.41) is 2.99. The fourth-order valence-corrected chi connectivity index (χ4v) is 3.59. The minimum atomic E-state index is -2.68. The molecule has 1 aliphatic heterocycles. The number of rotatable bonds is 6. The zero-order valence-corrected chi connectivity index (χ0v) is 15.8. The Balaban J connectivity index is 1.49. The molecule has 2 aromatic carbocycles. The second-order valence-electron chi connectivity index (χ2n) is 6.94. The van der Waals surface area contributed by atoms with Gasteiger partial charge in [0.2, 0.25) is 0 Å². The highest BCUT2D eigenvalue weighted by atomic mass is 19.3. The smallest absolute Gasteiger partial charge is 0.295 e. The van der Waals surface area contributed by atoms with Crippen LogP contribution in [0.2, 0.25) is 0 Å². The van der Waals surface area contributed by atoms with Crippen molar-refractivity contribution in [3.05, 3.63) is 65.5 Å². The molecule has 1 unspecified atom stereocenters. The molecule has 1 aliphatic rings. The minimum absolute atomic E-state index is 0.0328. The molecule has 1 saturated heterocycles. The van der Waals surface area contributed by atoms with Crippen LogP contribution in [-0.4, -0.2) is 53.6 Å². The van der Waals surface area contributed by atoms with E-state index >= 15 is 0 Å². The van der Waals surface area contributed by atoms with E-state index < -0.39 is 12.2 Å². The Morgan fingerprint density at radius 3 is 2.66 bits per heavy atom. The van der Waals surface area contributed by atoms with E-state index in [1.165, 1.54) is 0 Å². The van der Waals surface area contributed by atoms with Gasteiger partial charge in [0.1, 0.15) is 0 Å². The molecule has 0 aliphatic carbocycles. The number of fused-ring (bicyclic) bond motifs is 1. The van der Waals surface area contributed by atoms with Crippen molar-refractivity contribution in [3.8, 4) is 0 Å². The summed E-state index contributed by atoms with van der Waals surface area (Å²) in [6, 6.07) is 14.8. The number of imidazole rings is 1. The van der Waals surface area contributed by atoms with Gasteiger partial charge in [-0.25, -0.2) is 13.8 Å². The van der Waals surface area contributed by atoms with Crippen LogP contribution >= 0.6 is 0 Å². The molecule has 1 atom stereocenters. The van der Waals surface area contributed by atoms with Gasteiger partial charge in [0.15, 0.2) is 5.82 Å². The topological polar surface area (TPSA) is 70.2 Å². The maximum Gasteiger partial charge on any atom is 0.295 e. The first kappa shape index (κ1) is 19.5. The number of aromatic nitrogens is 2. The number of nitrogens with one attached hydrogen (secondary N) is 2. The van der Waals surface area contributed by atoms with E-state index in [-0.39, 0.29) is 11.9 Å². The Bertz CT molecular complexity index is 971. The number of carbonyl (C=O) groups excluding carboxylic acids is 1. The summed E-state index contributed by atoms with van der Waals surface area (Å²) >= 11 is 0. The van der Waals surface area contributed by atoms with Crippen molar-refractivity contribution in [2.75, 3.05) is 32.8 Å². The number of hydrogen-bond donors (Lipinski definition) is 2. The number of morpholine rings is 1. The van der Waals surface area contributed by atoms with Gasteiger partial charge in [0.25, 0.3) is 12.3 Å². The molecule has 29 heavy (non-hydrogen) atoms. The molecule has 1 aromatic heterocycles. The maximum atomic E-state index is 12.8. The van der Waals surface area contributed by atoms with Crippen LogP contribution in [0.3, 0.4) is 0 Å². The lowest BCUT2D eigenvalue weighted by molar-refractivity contribution is 0.0162. The molecule has 0 saturated carbocycles. The molecule has 1 amide bonds. The van der Waals surface area contributed by atoms with Gasteiger partial charge in [-0.2, -0.15) is 0 Å². The van der Waals surface area contributed by atoms with Crippen molar-refractivity contribution in [3.63, 3.8) is 0 Å². The van der Waals surface area contributed by atoms with Crippen LogP contribution < -0.4 is 5.32 Å². The number of nitrogens with zero attached hydrogens (tertiary/aromatic N) is 2. The zero-order valence-electron chi connectivity index (χ0n) is 15.8. The Labute approximate surface area is 166 Å². The molecule has 0 spiro atoms. The molecule has 152 valence electrons. The van der Waals surface area contributed by atoms with Crippen molar-refractivity contribution in [2.24, 2.45) is 0 Å². The molecule has 0 radical (unpaired) electrons. The Morgan fingerprint density at radius 1 is 1.17 bits per heavy atom. The lowest BCUT2D eigenvalue weighted by Gasteiger charge is -2.35. The van der Waals surface area contributed by atoms with Crippen molar-refractivity contribution < 1.29 is 18.3 Å². The normalized spacial score (nSPS) is 16.2. The third-order valence-electron chi connectivity index (χ3n) is 5.10. The van der Waals surface area contributed by atoms with Gasteiger partial charge in [-0.15, -0.1) is 0 Å². The highest BCUT2D eigenvalue weighted by Crippen LogP contribution is 2.22. The summed E-state index contributed by atoms with van der Waals surface area (Å²) in [5.41, 5.74) is 2.35. The van der Waals surface area contributed by atoms with Crippen LogP contribution in [0, 0.1) is 0 Å². The first-order valence-corrected chi connectivity index (χ1v) is 9.54. The summed E-state index contributed by atoms with van der Waals surface area (Å²) in [4.78, 5) is 21.4. The molecule has 3 aromatic rings. The predicted octanol–water partition coefficient (Wildman–Crippen LogP) is 3.30. The van der Waals surface area contributed by atoms with Gasteiger partial charge in [0.05, 0.1) is 30.3 Å². The van der Waals surface area contributed by atoms with E-state index in [1.54, 1.807) is 18.2 Å². The van der Waals surface area contributed by atoms with E-state index in [0.717, 1.165) is 18.7 Å². The van der Waals surface area contributed by atoms with Crippen LogP contribution in [0.4, 0.5) is 8.78 Å². The van der Waals surface area contributed by atoms with Crippen molar-refractivity contribution in [1.29, 1.82) is 0 Å². The first-order chi connectivity index (χ1) is 14.1. The van der Waals surface area contributed by atoms with Crippen molar-refractivity contribution in [2.45, 2.75) is 12.5 Å². The van der Waals surface area contributed by atoms with E-state index in [4.69, 9.17) is 4.74 Å². The number of hydrogen-bond acceptors (Lipinski definition) is 4. The minimum Gasteiger partial charge on any atom is -0.379 e. The molecule has 0 bridgehead atoms. The number of ether oxygens (including phenoxy) is 1. The van der Waals surface area contributed by atoms with E-state index in [2.05, 4.69) is 32.3 Å². The lowest BCUT2D eigenvalue weighted by atomic mass is 10.0. The van der Waals surface area contributed by atoms with Crippen molar-refractivity contribution in [1.82, 2.24) is 20.2 Å². The highest BCUT2D eigenvalue weighted by Gasteiger charge is 2.23. The van der Waals surface area contributed by atoms with Crippen molar-refractivity contribution >= 4 is 16.9 Å². The predicted molar refractivity (Wildman–Crippen MR) is 105 cm³/mol. The van der Waals surface area contributed by atoms with E-state index in [1.807, 2.05) is 18.2 Å². The van der Waals surface area contributed by atoms with Crippen LogP contribution in [0.5, 0.6) is 0 Å². The average molecular weight is 400 g/mol. The number of H-pyrrole nitrogens is 1. The number of aromatic amines is 1. The Morgan fingerprint density at radius 2 is 1.93 bits per heavy atom. The molecule has 8 heteroatoms. The van der Waals surface area contributed by atoms with Crippen LogP contribution in [-0.2, 0) is 4.74 Å². The third-order valence-corrected chi connectivity index (χ3v) is 5.10. The van der Waals surface area contributed by atoms with Gasteiger partial charge in [-0.05, 0) is 23.8 Å². The van der Waals surface area contributed by atoms with Gasteiger partial charge < -0.3 is 15.0 Å². The summed E-state index contributed by atoms with van der Waals surface area (Å²) < 4.78 is 31.1. The van der Waals surface area contributed by atoms with Gasteiger partial charge in [-0.1, -0.05) is 30.3 Å². The molecule has 2 N–H and O–H groups in total. The number of carbonyl (C=O) groups is 1.